The molecule has 0 bridgehead atoms. The van der Waals surface area contributed by atoms with Gasteiger partial charge in [-0.05, 0) is 13.0 Å². The Hall–Kier alpha value is -1.79. The van der Waals surface area contributed by atoms with Gasteiger partial charge in [0.25, 0.3) is 0 Å². The number of alkyl halides is 3. The third-order valence-electron chi connectivity index (χ3n) is 2.10. The van der Waals surface area contributed by atoms with Crippen LogP contribution in [0.4, 0.5) is 13.2 Å². The van der Waals surface area contributed by atoms with Crippen LogP contribution in [-0.4, -0.2) is 24.7 Å². The molecule has 1 aromatic heterocycles. The van der Waals surface area contributed by atoms with Gasteiger partial charge in [0.15, 0.2) is 11.4 Å². The van der Waals surface area contributed by atoms with Gasteiger partial charge in [0.2, 0.25) is 0 Å². The van der Waals surface area contributed by atoms with Gasteiger partial charge in [-0.3, -0.25) is 4.79 Å². The minimum atomic E-state index is -4.63. The van der Waals surface area contributed by atoms with E-state index in [0.717, 1.165) is 13.3 Å². The fourth-order valence-electron chi connectivity index (χ4n) is 1.42. The van der Waals surface area contributed by atoms with Crippen molar-refractivity contribution < 1.29 is 27.4 Å². The number of pyridine rings is 1. The smallest absolute Gasteiger partial charge is 0.437 e. The molecule has 0 saturated carbocycles. The number of hydrogen-bond donors (Lipinski definition) is 0. The van der Waals surface area contributed by atoms with Crippen LogP contribution in [0.5, 0.6) is 5.75 Å². The van der Waals surface area contributed by atoms with Gasteiger partial charge in [-0.2, -0.15) is 13.2 Å². The maximum atomic E-state index is 12.6. The second-order valence-corrected chi connectivity index (χ2v) is 3.33. The monoisotopic (exact) mass is 263 g/mol. The van der Waals surface area contributed by atoms with Gasteiger partial charge in [-0.1, -0.05) is 0 Å². The van der Waals surface area contributed by atoms with E-state index in [1.165, 1.54) is 6.07 Å². The lowest BCUT2D eigenvalue weighted by Gasteiger charge is -2.14. The van der Waals surface area contributed by atoms with Gasteiger partial charge in [-0.25, -0.2) is 4.98 Å². The van der Waals surface area contributed by atoms with E-state index < -0.39 is 23.6 Å². The molecule has 0 saturated heterocycles. The Morgan fingerprint density at radius 3 is 2.61 bits per heavy atom. The Bertz CT molecular complexity index is 432. The van der Waals surface area contributed by atoms with Crippen LogP contribution in [0.25, 0.3) is 0 Å². The molecule has 0 atom stereocenters. The van der Waals surface area contributed by atoms with Crippen LogP contribution in [0, 0.1) is 0 Å². The van der Waals surface area contributed by atoms with Crippen LogP contribution in [0.15, 0.2) is 12.3 Å². The highest BCUT2D eigenvalue weighted by Crippen LogP contribution is 2.36. The highest BCUT2D eigenvalue weighted by molar-refractivity contribution is 5.73. The molecular formula is C11H12F3NO3. The number of ether oxygens (including phenoxy) is 2. The van der Waals surface area contributed by atoms with Crippen LogP contribution < -0.4 is 4.74 Å². The van der Waals surface area contributed by atoms with Crippen molar-refractivity contribution in [1.29, 1.82) is 0 Å². The highest BCUT2D eigenvalue weighted by atomic mass is 19.4. The molecule has 0 aliphatic carbocycles. The van der Waals surface area contributed by atoms with E-state index in [4.69, 9.17) is 4.74 Å². The van der Waals surface area contributed by atoms with Crippen LogP contribution in [-0.2, 0) is 22.1 Å². The maximum Gasteiger partial charge on any atom is 0.437 e. The van der Waals surface area contributed by atoms with Crippen LogP contribution in [0.2, 0.25) is 0 Å². The minimum Gasteiger partial charge on any atom is -0.494 e. The molecule has 0 N–H and O–H groups in total. The molecule has 0 aliphatic heterocycles. The number of aromatic nitrogens is 1. The first-order valence-electron chi connectivity index (χ1n) is 5.14. The Labute approximate surface area is 102 Å². The summed E-state index contributed by atoms with van der Waals surface area (Å²) in [5, 5.41) is 0. The second-order valence-electron chi connectivity index (χ2n) is 3.33. The number of carbonyl (C=O) groups excluding carboxylic acids is 1. The topological polar surface area (TPSA) is 48.4 Å². The molecule has 0 aromatic carbocycles. The van der Waals surface area contributed by atoms with E-state index in [2.05, 4.69) is 9.72 Å². The molecule has 0 fully saturated rings. The average molecular weight is 263 g/mol. The van der Waals surface area contributed by atoms with Gasteiger partial charge >= 0.3 is 12.1 Å². The quantitative estimate of drug-likeness (QED) is 0.781. The summed E-state index contributed by atoms with van der Waals surface area (Å²) in [7, 11) is 1.10. The molecule has 18 heavy (non-hydrogen) atoms. The van der Waals surface area contributed by atoms with Crippen molar-refractivity contribution in [2.45, 2.75) is 19.5 Å². The summed E-state index contributed by atoms with van der Waals surface area (Å²) in [6.45, 7) is 1.78. The van der Waals surface area contributed by atoms with Crippen molar-refractivity contribution in [3.63, 3.8) is 0 Å². The van der Waals surface area contributed by atoms with Crippen LogP contribution in [0.1, 0.15) is 18.2 Å². The molecule has 7 heteroatoms. The van der Waals surface area contributed by atoms with Gasteiger partial charge in [-0.15, -0.1) is 0 Å². The molecule has 0 radical (unpaired) electrons. The lowest BCUT2D eigenvalue weighted by molar-refractivity contribution is -0.144. The van der Waals surface area contributed by atoms with Gasteiger partial charge in [0.05, 0.1) is 20.1 Å². The largest absolute Gasteiger partial charge is 0.494 e. The summed E-state index contributed by atoms with van der Waals surface area (Å²) < 4.78 is 47.3. The first-order chi connectivity index (χ1) is 8.40. The van der Waals surface area contributed by atoms with Crippen molar-refractivity contribution in [2.75, 3.05) is 13.7 Å². The third-order valence-corrected chi connectivity index (χ3v) is 2.10. The molecule has 0 amide bonds. The predicted octanol–water partition coefficient (Wildman–Crippen LogP) is 2.21. The summed E-state index contributed by atoms with van der Waals surface area (Å²) in [5.74, 6) is -1.06. The minimum absolute atomic E-state index is 0.0956. The van der Waals surface area contributed by atoms with Crippen molar-refractivity contribution in [1.82, 2.24) is 4.98 Å². The molecular weight excluding hydrogens is 251 g/mol. The van der Waals surface area contributed by atoms with Crippen molar-refractivity contribution in [3.8, 4) is 5.75 Å². The number of hydrogen-bond acceptors (Lipinski definition) is 4. The normalized spacial score (nSPS) is 11.2. The second kappa shape index (κ2) is 5.70. The van der Waals surface area contributed by atoms with Gasteiger partial charge in [0.1, 0.15) is 0 Å². The number of methoxy groups -OCH3 is 1. The summed E-state index contributed by atoms with van der Waals surface area (Å²) >= 11 is 0. The molecule has 1 aromatic rings. The fourth-order valence-corrected chi connectivity index (χ4v) is 1.42. The summed E-state index contributed by atoms with van der Waals surface area (Å²) in [6, 6.07) is 1.30. The zero-order valence-corrected chi connectivity index (χ0v) is 9.87. The fraction of sp³-hybridized carbons (Fsp3) is 0.455. The van der Waals surface area contributed by atoms with E-state index in [1.54, 1.807) is 6.92 Å². The lowest BCUT2D eigenvalue weighted by Crippen LogP contribution is -2.14. The SMILES string of the molecule is CCOC(=O)Cc1ccnc(C(F)(F)F)c1OC. The zero-order chi connectivity index (χ0) is 13.8. The summed E-state index contributed by atoms with van der Waals surface area (Å²) in [5.41, 5.74) is -1.05. The molecule has 1 heterocycles. The van der Waals surface area contributed by atoms with Crippen molar-refractivity contribution in [3.05, 3.63) is 23.5 Å². The van der Waals surface area contributed by atoms with Crippen LogP contribution in [0.3, 0.4) is 0 Å². The number of nitrogens with zero attached hydrogens (tertiary/aromatic N) is 1. The Kier molecular flexibility index (Phi) is 4.52. The third kappa shape index (κ3) is 3.35. The van der Waals surface area contributed by atoms with E-state index in [0.29, 0.717) is 0 Å². The lowest BCUT2D eigenvalue weighted by atomic mass is 10.1. The number of esters is 1. The Morgan fingerprint density at radius 1 is 1.44 bits per heavy atom. The molecule has 0 aliphatic rings. The Morgan fingerprint density at radius 2 is 2.11 bits per heavy atom. The molecule has 0 spiro atoms. The number of carbonyl (C=O) groups is 1. The Balaban J connectivity index is 3.09. The molecule has 100 valence electrons. The van der Waals surface area contributed by atoms with E-state index >= 15 is 0 Å². The van der Waals surface area contributed by atoms with Gasteiger partial charge < -0.3 is 9.47 Å². The number of rotatable bonds is 4. The van der Waals surface area contributed by atoms with Crippen molar-refractivity contribution >= 4 is 5.97 Å². The molecule has 1 rings (SSSR count). The highest BCUT2D eigenvalue weighted by Gasteiger charge is 2.37. The average Bonchev–Trinajstić information content (AvgIpc) is 2.27. The van der Waals surface area contributed by atoms with Crippen molar-refractivity contribution in [2.24, 2.45) is 0 Å². The van der Waals surface area contributed by atoms with Gasteiger partial charge in [0, 0.05) is 11.8 Å². The number of halogens is 3. The summed E-state index contributed by atoms with van der Waals surface area (Å²) in [4.78, 5) is 14.5. The maximum absolute atomic E-state index is 12.6. The zero-order valence-electron chi connectivity index (χ0n) is 9.87. The summed E-state index contributed by atoms with van der Waals surface area (Å²) in [6.07, 6.45) is -3.93. The van der Waals surface area contributed by atoms with E-state index in [-0.39, 0.29) is 18.6 Å². The first-order valence-corrected chi connectivity index (χ1v) is 5.14. The first kappa shape index (κ1) is 14.3. The molecule has 0 unspecified atom stereocenters. The van der Waals surface area contributed by atoms with E-state index in [1.807, 2.05) is 0 Å². The predicted molar refractivity (Wildman–Crippen MR) is 56.1 cm³/mol. The standard InChI is InChI=1S/C11H12F3NO3/c1-3-18-8(16)6-7-4-5-15-10(9(7)17-2)11(12,13)14/h4-5H,3,6H2,1-2H3. The van der Waals surface area contributed by atoms with Crippen LogP contribution >= 0.6 is 0 Å². The van der Waals surface area contributed by atoms with E-state index in [9.17, 15) is 18.0 Å². The molecule has 4 nitrogen and oxygen atoms in total.